The molecule has 49 heavy (non-hydrogen) atoms. The highest BCUT2D eigenvalue weighted by Gasteiger charge is 2.31. The van der Waals surface area contributed by atoms with Crippen molar-refractivity contribution in [3.63, 3.8) is 0 Å². The Kier molecular flexibility index (Phi) is 8.35. The summed E-state index contributed by atoms with van der Waals surface area (Å²) in [6.07, 6.45) is 4.72. The van der Waals surface area contributed by atoms with Gasteiger partial charge in [0.2, 0.25) is 9.84 Å². The van der Waals surface area contributed by atoms with E-state index >= 15 is 0 Å². The van der Waals surface area contributed by atoms with Crippen LogP contribution in [-0.2, 0) is 24.6 Å². The molecule has 10 heteroatoms. The van der Waals surface area contributed by atoms with Crippen molar-refractivity contribution in [2.75, 3.05) is 0 Å². The Hall–Kier alpha value is -5.58. The van der Waals surface area contributed by atoms with Crippen molar-refractivity contribution in [1.29, 1.82) is 0 Å². The summed E-state index contributed by atoms with van der Waals surface area (Å²) in [5.41, 5.74) is 3.27. The maximum absolute atomic E-state index is 13.8. The number of hydrogen-bond acceptors (Lipinski definition) is 8. The van der Waals surface area contributed by atoms with Gasteiger partial charge in [-0.2, -0.15) is 0 Å². The van der Waals surface area contributed by atoms with Crippen LogP contribution in [0.3, 0.4) is 0 Å². The van der Waals surface area contributed by atoms with Gasteiger partial charge in [-0.25, -0.2) is 16.8 Å². The van der Waals surface area contributed by atoms with E-state index in [1.165, 1.54) is 54.6 Å². The molecule has 12 bridgehead atoms. The second-order valence-electron chi connectivity index (χ2n) is 11.7. The normalized spacial score (nSPS) is 17.5. The summed E-state index contributed by atoms with van der Waals surface area (Å²) in [6.45, 7) is 3.66. The first-order chi connectivity index (χ1) is 23.6. The van der Waals surface area contributed by atoms with Crippen LogP contribution < -0.4 is 14.4 Å². The molecule has 1 aliphatic carbocycles. The van der Waals surface area contributed by atoms with Crippen LogP contribution in [0.5, 0.6) is 28.7 Å². The Morgan fingerprint density at radius 2 is 0.918 bits per heavy atom. The molecule has 1 unspecified atom stereocenters. The third-order valence-electron chi connectivity index (χ3n) is 8.12. The SMILES string of the molecule is CC(C)=C1C=C2C=CC1S(=O)(=O)c1ccc(cc1)Oc1ccc(cc1)-c1ccc(cc1)Oc1ccc(cc1)S(=O)(=O)c1ccc(cc1)OO2. The second-order valence-corrected chi connectivity index (χ2v) is 15.7. The maximum Gasteiger partial charge on any atom is 0.206 e. The summed E-state index contributed by atoms with van der Waals surface area (Å²) in [4.78, 5) is 11.3. The molecule has 1 atom stereocenters. The summed E-state index contributed by atoms with van der Waals surface area (Å²) in [7, 11) is -7.64. The molecular formula is C39H30O8S2. The van der Waals surface area contributed by atoms with E-state index in [0.717, 1.165) is 16.7 Å². The van der Waals surface area contributed by atoms with E-state index in [4.69, 9.17) is 19.2 Å². The van der Waals surface area contributed by atoms with Crippen LogP contribution in [0.2, 0.25) is 0 Å². The highest BCUT2D eigenvalue weighted by Crippen LogP contribution is 2.34. The van der Waals surface area contributed by atoms with Gasteiger partial charge in [0.25, 0.3) is 0 Å². The molecule has 14 heterocycles. The predicted molar refractivity (Wildman–Crippen MR) is 185 cm³/mol. The van der Waals surface area contributed by atoms with Gasteiger partial charge in [-0.05, 0) is 140 Å². The molecule has 0 spiro atoms. The second kappa shape index (κ2) is 12.8. The molecule has 5 aromatic rings. The molecule has 5 aromatic carbocycles. The predicted octanol–water partition coefficient (Wildman–Crippen LogP) is 9.03. The Balaban J connectivity index is 1.23. The van der Waals surface area contributed by atoms with Crippen molar-refractivity contribution in [2.24, 2.45) is 0 Å². The summed E-state index contributed by atoms with van der Waals surface area (Å²) < 4.78 is 66.2. The minimum atomic E-state index is -3.82. The van der Waals surface area contributed by atoms with Crippen molar-refractivity contribution < 1.29 is 36.1 Å². The Morgan fingerprint density at radius 1 is 0.510 bits per heavy atom. The monoisotopic (exact) mass is 690 g/mol. The molecule has 0 N–H and O–H groups in total. The Morgan fingerprint density at radius 3 is 1.37 bits per heavy atom. The van der Waals surface area contributed by atoms with Gasteiger partial charge in [-0.15, -0.1) is 0 Å². The quantitative estimate of drug-likeness (QED) is 0.148. The van der Waals surface area contributed by atoms with Gasteiger partial charge in [0.1, 0.15) is 28.2 Å². The number of rotatable bonds is 0. The molecule has 0 saturated heterocycles. The lowest BCUT2D eigenvalue weighted by molar-refractivity contribution is -0.161. The molecule has 246 valence electrons. The smallest absolute Gasteiger partial charge is 0.206 e. The van der Waals surface area contributed by atoms with E-state index in [-0.39, 0.29) is 26.2 Å². The number of sulfone groups is 2. The van der Waals surface area contributed by atoms with Crippen molar-refractivity contribution in [1.82, 2.24) is 0 Å². The maximum atomic E-state index is 13.8. The summed E-state index contributed by atoms with van der Waals surface area (Å²) in [6, 6.07) is 33.5. The highest BCUT2D eigenvalue weighted by molar-refractivity contribution is 7.92. The molecule has 0 saturated carbocycles. The number of allylic oxidation sites excluding steroid dienone is 3. The zero-order valence-electron chi connectivity index (χ0n) is 26.4. The summed E-state index contributed by atoms with van der Waals surface area (Å²) in [5, 5.41) is -0.941. The lowest BCUT2D eigenvalue weighted by atomic mass is 10.0. The molecule has 0 fully saturated rings. The van der Waals surface area contributed by atoms with Crippen LogP contribution in [-0.4, -0.2) is 22.1 Å². The van der Waals surface area contributed by atoms with Gasteiger partial charge < -0.3 is 9.47 Å². The van der Waals surface area contributed by atoms with Crippen LogP contribution in [0.4, 0.5) is 0 Å². The Labute approximate surface area is 284 Å². The van der Waals surface area contributed by atoms with Gasteiger partial charge in [0.15, 0.2) is 21.3 Å². The van der Waals surface area contributed by atoms with Gasteiger partial charge in [-0.1, -0.05) is 35.9 Å². The number of ether oxygens (including phenoxy) is 2. The van der Waals surface area contributed by atoms with Gasteiger partial charge in [-0.3, -0.25) is 9.78 Å². The van der Waals surface area contributed by atoms with Gasteiger partial charge >= 0.3 is 0 Å². The molecular weight excluding hydrogens is 661 g/mol. The van der Waals surface area contributed by atoms with Gasteiger partial charge in [0, 0.05) is 0 Å². The van der Waals surface area contributed by atoms with Crippen LogP contribution in [0.25, 0.3) is 11.1 Å². The molecule has 14 aliphatic heterocycles. The van der Waals surface area contributed by atoms with E-state index in [1.807, 2.05) is 62.4 Å². The summed E-state index contributed by atoms with van der Waals surface area (Å²) in [5.74, 6) is 2.73. The number of hydrogen-bond donors (Lipinski definition) is 0. The lowest BCUT2D eigenvalue weighted by Gasteiger charge is -2.21. The molecule has 0 radical (unpaired) electrons. The molecule has 8 nitrogen and oxygen atoms in total. The standard InChI is InChI=1S/C39H30O8S2/c1-26(2)38-25-34-17-24-39(38)49(42,43)37-20-13-32(14-21-37)45-30-9-5-28(6-10-30)27-3-7-29(8-4-27)44-31-11-18-35(19-12-31)48(40,41)36-22-15-33(16-23-36)46-47-34/h3-25,39H,1-2H3. The average Bonchev–Trinajstić information content (AvgIpc) is 3.11. The van der Waals surface area contributed by atoms with Crippen LogP contribution in [0.15, 0.2) is 171 Å². The zero-order valence-corrected chi connectivity index (χ0v) is 28.1. The minimum Gasteiger partial charge on any atom is -0.457 e. The number of benzene rings is 5. The van der Waals surface area contributed by atoms with Crippen molar-refractivity contribution in [3.8, 4) is 39.9 Å². The fraction of sp³-hybridized carbons (Fsp3) is 0.0769. The van der Waals surface area contributed by atoms with Crippen molar-refractivity contribution >= 4 is 19.7 Å². The van der Waals surface area contributed by atoms with Crippen LogP contribution >= 0.6 is 0 Å². The first-order valence-electron chi connectivity index (χ1n) is 15.3. The third-order valence-corrected chi connectivity index (χ3v) is 11.9. The molecule has 0 amide bonds. The largest absolute Gasteiger partial charge is 0.457 e. The minimum absolute atomic E-state index is 0.0769. The first-order valence-corrected chi connectivity index (χ1v) is 18.4. The van der Waals surface area contributed by atoms with Crippen molar-refractivity contribution in [2.45, 2.75) is 33.8 Å². The Bertz CT molecular complexity index is 2320. The van der Waals surface area contributed by atoms with Crippen LogP contribution in [0.1, 0.15) is 13.8 Å². The fourth-order valence-corrected chi connectivity index (χ4v) is 8.45. The van der Waals surface area contributed by atoms with E-state index in [9.17, 15) is 16.8 Å². The van der Waals surface area contributed by atoms with Gasteiger partial charge in [0.05, 0.1) is 14.7 Å². The molecule has 15 aliphatic rings. The van der Waals surface area contributed by atoms with Crippen molar-refractivity contribution in [3.05, 3.63) is 156 Å². The van der Waals surface area contributed by atoms with E-state index in [0.29, 0.717) is 28.6 Å². The topological polar surface area (TPSA) is 105 Å². The van der Waals surface area contributed by atoms with Crippen LogP contribution in [0, 0.1) is 0 Å². The lowest BCUT2D eigenvalue weighted by Crippen LogP contribution is -2.24. The van der Waals surface area contributed by atoms with E-state index in [2.05, 4.69) is 0 Å². The highest BCUT2D eigenvalue weighted by atomic mass is 32.2. The van der Waals surface area contributed by atoms with E-state index < -0.39 is 24.9 Å². The molecule has 0 aromatic heterocycles. The first kappa shape index (κ1) is 32.0. The summed E-state index contributed by atoms with van der Waals surface area (Å²) >= 11 is 0. The fourth-order valence-electron chi connectivity index (χ4n) is 5.46. The third kappa shape index (κ3) is 6.61. The van der Waals surface area contributed by atoms with E-state index in [1.54, 1.807) is 36.4 Å². The zero-order chi connectivity index (χ0) is 34.2. The average molecular weight is 691 g/mol. The molecule has 20 rings (SSSR count).